The Labute approximate surface area is 178 Å². The Morgan fingerprint density at radius 1 is 1.07 bits per heavy atom. The van der Waals surface area contributed by atoms with E-state index in [1.807, 2.05) is 59.2 Å². The normalized spacial score (nSPS) is 10.7. The summed E-state index contributed by atoms with van der Waals surface area (Å²) >= 11 is 1.32. The van der Waals surface area contributed by atoms with Crippen molar-refractivity contribution < 1.29 is 13.9 Å². The molecule has 0 saturated heterocycles. The fourth-order valence-corrected chi connectivity index (χ4v) is 3.70. The molecule has 152 valence electrons. The van der Waals surface area contributed by atoms with E-state index in [2.05, 4.69) is 15.5 Å². The van der Waals surface area contributed by atoms with Gasteiger partial charge in [-0.1, -0.05) is 54.2 Å². The standard InChI is InChI=1S/C22H20N4O3S/c1-28-19-12-6-5-11-18(19)23-20(27)15-30-22-25-24-21(16-8-3-2-4-9-16)26(22)14-17-10-7-13-29-17/h2-13H,14-15H2,1H3,(H,23,27). The Bertz CT molecular complexity index is 1110. The van der Waals surface area contributed by atoms with Crippen LogP contribution >= 0.6 is 11.8 Å². The number of amides is 1. The predicted octanol–water partition coefficient (Wildman–Crippen LogP) is 4.33. The average molecular weight is 420 g/mol. The summed E-state index contributed by atoms with van der Waals surface area (Å²) in [5, 5.41) is 12.2. The molecule has 0 saturated carbocycles. The van der Waals surface area contributed by atoms with Gasteiger partial charge < -0.3 is 14.5 Å². The second-order valence-electron chi connectivity index (χ2n) is 6.37. The van der Waals surface area contributed by atoms with Crippen LogP contribution in [0.3, 0.4) is 0 Å². The maximum absolute atomic E-state index is 12.5. The molecule has 0 aliphatic carbocycles. The van der Waals surface area contributed by atoms with Crippen LogP contribution in [0.1, 0.15) is 5.76 Å². The summed E-state index contributed by atoms with van der Waals surface area (Å²) in [6, 6.07) is 20.9. The maximum Gasteiger partial charge on any atom is 0.234 e. The summed E-state index contributed by atoms with van der Waals surface area (Å²) in [6.07, 6.45) is 1.63. The molecular formula is C22H20N4O3S. The summed E-state index contributed by atoms with van der Waals surface area (Å²) in [6.45, 7) is 0.473. The number of nitrogens with zero attached hydrogens (tertiary/aromatic N) is 3. The Morgan fingerprint density at radius 2 is 1.87 bits per heavy atom. The highest BCUT2D eigenvalue weighted by molar-refractivity contribution is 7.99. The van der Waals surface area contributed by atoms with Crippen LogP contribution in [0.15, 0.2) is 82.6 Å². The molecule has 0 unspecified atom stereocenters. The number of furan rings is 1. The van der Waals surface area contributed by atoms with Crippen molar-refractivity contribution in [3.63, 3.8) is 0 Å². The lowest BCUT2D eigenvalue weighted by atomic mass is 10.2. The molecule has 0 fully saturated rings. The number of thioether (sulfide) groups is 1. The minimum Gasteiger partial charge on any atom is -0.495 e. The highest BCUT2D eigenvalue weighted by Crippen LogP contribution is 2.27. The lowest BCUT2D eigenvalue weighted by Gasteiger charge is -2.10. The van der Waals surface area contributed by atoms with E-state index in [4.69, 9.17) is 9.15 Å². The Kier molecular flexibility index (Phi) is 6.14. The van der Waals surface area contributed by atoms with E-state index in [0.29, 0.717) is 23.1 Å². The van der Waals surface area contributed by atoms with Gasteiger partial charge in [0.05, 0.1) is 31.4 Å². The molecule has 0 aliphatic rings. The van der Waals surface area contributed by atoms with Crippen LogP contribution in [0.25, 0.3) is 11.4 Å². The summed E-state index contributed by atoms with van der Waals surface area (Å²) in [5.74, 6) is 2.15. The minimum atomic E-state index is -0.154. The van der Waals surface area contributed by atoms with Gasteiger partial charge in [-0.15, -0.1) is 10.2 Å². The largest absolute Gasteiger partial charge is 0.495 e. The van der Waals surface area contributed by atoms with Crippen molar-refractivity contribution in [2.75, 3.05) is 18.2 Å². The molecule has 1 amide bonds. The van der Waals surface area contributed by atoms with Crippen LogP contribution in [0.5, 0.6) is 5.75 Å². The van der Waals surface area contributed by atoms with E-state index in [0.717, 1.165) is 17.1 Å². The zero-order valence-electron chi connectivity index (χ0n) is 16.3. The molecule has 8 heteroatoms. The number of methoxy groups -OCH3 is 1. The predicted molar refractivity (Wildman–Crippen MR) is 116 cm³/mol. The molecule has 4 aromatic rings. The summed E-state index contributed by atoms with van der Waals surface area (Å²) in [7, 11) is 1.57. The van der Waals surface area contributed by atoms with Crippen molar-refractivity contribution in [2.24, 2.45) is 0 Å². The quantitative estimate of drug-likeness (QED) is 0.427. The molecule has 0 bridgehead atoms. The number of carbonyl (C=O) groups excluding carboxylic acids is 1. The summed E-state index contributed by atoms with van der Waals surface area (Å²) in [4.78, 5) is 12.5. The van der Waals surface area contributed by atoms with Gasteiger partial charge in [0.1, 0.15) is 11.5 Å². The third-order valence-corrected chi connectivity index (χ3v) is 5.32. The minimum absolute atomic E-state index is 0.154. The number of ether oxygens (including phenoxy) is 1. The van der Waals surface area contributed by atoms with E-state index < -0.39 is 0 Å². The lowest BCUT2D eigenvalue weighted by Crippen LogP contribution is -2.15. The van der Waals surface area contributed by atoms with Crippen molar-refractivity contribution >= 4 is 23.4 Å². The maximum atomic E-state index is 12.5. The Balaban J connectivity index is 1.52. The molecule has 30 heavy (non-hydrogen) atoms. The third kappa shape index (κ3) is 4.55. The van der Waals surface area contributed by atoms with Gasteiger partial charge in [-0.25, -0.2) is 0 Å². The zero-order chi connectivity index (χ0) is 20.8. The number of hydrogen-bond acceptors (Lipinski definition) is 6. The molecule has 0 spiro atoms. The van der Waals surface area contributed by atoms with Crippen molar-refractivity contribution in [1.29, 1.82) is 0 Å². The third-order valence-electron chi connectivity index (χ3n) is 4.36. The smallest absolute Gasteiger partial charge is 0.234 e. The topological polar surface area (TPSA) is 82.2 Å². The van der Waals surface area contributed by atoms with Gasteiger partial charge in [0.2, 0.25) is 5.91 Å². The molecule has 1 N–H and O–H groups in total. The van der Waals surface area contributed by atoms with Gasteiger partial charge in [0.25, 0.3) is 0 Å². The van der Waals surface area contributed by atoms with E-state index in [1.165, 1.54) is 11.8 Å². The zero-order valence-corrected chi connectivity index (χ0v) is 17.1. The molecule has 0 aliphatic heterocycles. The van der Waals surface area contributed by atoms with Gasteiger partial charge in [-0.05, 0) is 24.3 Å². The number of para-hydroxylation sites is 2. The lowest BCUT2D eigenvalue weighted by molar-refractivity contribution is -0.113. The van der Waals surface area contributed by atoms with Crippen molar-refractivity contribution in [2.45, 2.75) is 11.7 Å². The van der Waals surface area contributed by atoms with Gasteiger partial charge in [-0.2, -0.15) is 0 Å². The van der Waals surface area contributed by atoms with E-state index in [1.54, 1.807) is 25.5 Å². The first-order chi connectivity index (χ1) is 14.7. The second kappa shape index (κ2) is 9.32. The molecule has 0 atom stereocenters. The van der Waals surface area contributed by atoms with Crippen molar-refractivity contribution in [3.8, 4) is 17.1 Å². The first kappa shape index (κ1) is 19.8. The molecule has 0 radical (unpaired) electrons. The number of rotatable bonds is 8. The van der Waals surface area contributed by atoms with Crippen LogP contribution in [0.2, 0.25) is 0 Å². The number of anilines is 1. The average Bonchev–Trinajstić information content (AvgIpc) is 3.44. The number of benzene rings is 2. The summed E-state index contributed by atoms with van der Waals surface area (Å²) < 4.78 is 12.7. The van der Waals surface area contributed by atoms with Gasteiger partial charge in [0.15, 0.2) is 11.0 Å². The first-order valence-corrected chi connectivity index (χ1v) is 10.3. The SMILES string of the molecule is COc1ccccc1NC(=O)CSc1nnc(-c2ccccc2)n1Cc1ccco1. The second-order valence-corrected chi connectivity index (χ2v) is 7.32. The van der Waals surface area contributed by atoms with E-state index in [-0.39, 0.29) is 11.7 Å². The number of aromatic nitrogens is 3. The molecule has 4 rings (SSSR count). The van der Waals surface area contributed by atoms with Gasteiger partial charge >= 0.3 is 0 Å². The monoisotopic (exact) mass is 420 g/mol. The molecule has 2 aromatic carbocycles. The van der Waals surface area contributed by atoms with Crippen LogP contribution in [-0.4, -0.2) is 33.5 Å². The van der Waals surface area contributed by atoms with E-state index in [9.17, 15) is 4.79 Å². The number of hydrogen-bond donors (Lipinski definition) is 1. The van der Waals surface area contributed by atoms with Crippen LogP contribution in [0.4, 0.5) is 5.69 Å². The molecule has 2 heterocycles. The Hall–Kier alpha value is -3.52. The first-order valence-electron chi connectivity index (χ1n) is 9.31. The van der Waals surface area contributed by atoms with Gasteiger partial charge in [0, 0.05) is 5.56 Å². The van der Waals surface area contributed by atoms with E-state index >= 15 is 0 Å². The molecule has 2 aromatic heterocycles. The van der Waals surface area contributed by atoms with Crippen molar-refractivity contribution in [3.05, 3.63) is 78.8 Å². The number of carbonyl (C=O) groups is 1. The fourth-order valence-electron chi connectivity index (χ4n) is 2.96. The van der Waals surface area contributed by atoms with Crippen LogP contribution in [0, 0.1) is 0 Å². The summed E-state index contributed by atoms with van der Waals surface area (Å²) in [5.41, 5.74) is 1.58. The highest BCUT2D eigenvalue weighted by Gasteiger charge is 2.17. The number of nitrogens with one attached hydrogen (secondary N) is 1. The van der Waals surface area contributed by atoms with Gasteiger partial charge in [-0.3, -0.25) is 9.36 Å². The molecule has 7 nitrogen and oxygen atoms in total. The highest BCUT2D eigenvalue weighted by atomic mass is 32.2. The van der Waals surface area contributed by atoms with Crippen LogP contribution in [-0.2, 0) is 11.3 Å². The van der Waals surface area contributed by atoms with Crippen molar-refractivity contribution in [1.82, 2.24) is 14.8 Å². The van der Waals surface area contributed by atoms with Crippen LogP contribution < -0.4 is 10.1 Å². The molecular weight excluding hydrogens is 400 g/mol. The Morgan fingerprint density at radius 3 is 2.63 bits per heavy atom. The fraction of sp³-hybridized carbons (Fsp3) is 0.136.